The first-order valence-corrected chi connectivity index (χ1v) is 7.86. The van der Waals surface area contributed by atoms with Gasteiger partial charge in [0.2, 0.25) is 11.8 Å². The molecule has 3 heterocycles. The minimum atomic E-state index is 0.0328. The van der Waals surface area contributed by atoms with Gasteiger partial charge >= 0.3 is 0 Å². The molecule has 1 aliphatic heterocycles. The summed E-state index contributed by atoms with van der Waals surface area (Å²) in [5.41, 5.74) is 3.12. The first kappa shape index (κ1) is 16.9. The maximum Gasteiger partial charge on any atom is 0.212 e. The third-order valence-corrected chi connectivity index (χ3v) is 3.83. The largest absolute Gasteiger partial charge is 0.481 e. The van der Waals surface area contributed by atoms with E-state index in [1.165, 1.54) is 0 Å². The highest BCUT2D eigenvalue weighted by Crippen LogP contribution is 2.18. The van der Waals surface area contributed by atoms with Crippen LogP contribution in [0.15, 0.2) is 47.8 Å². The first-order valence-electron chi connectivity index (χ1n) is 7.86. The van der Waals surface area contributed by atoms with Crippen LogP contribution < -0.4 is 14.8 Å². The van der Waals surface area contributed by atoms with Crippen molar-refractivity contribution in [1.29, 1.82) is 0 Å². The molecular formula is C19H19N3O3. The smallest absolute Gasteiger partial charge is 0.212 e. The van der Waals surface area contributed by atoms with Gasteiger partial charge in [-0.1, -0.05) is 0 Å². The lowest BCUT2D eigenvalue weighted by atomic mass is 9.96. The van der Waals surface area contributed by atoms with Crippen LogP contribution in [0, 0.1) is 0 Å². The SMILES string of the molecule is COc1ccc(/C=C2\CNC/C(=C\c3ccc(OC)nc3)C2=O)cn1. The van der Waals surface area contributed by atoms with Crippen LogP contribution in [-0.2, 0) is 4.79 Å². The van der Waals surface area contributed by atoms with Crippen molar-refractivity contribution in [3.63, 3.8) is 0 Å². The van der Waals surface area contributed by atoms with Crippen LogP contribution in [0.1, 0.15) is 11.1 Å². The van der Waals surface area contributed by atoms with E-state index in [0.29, 0.717) is 36.0 Å². The Balaban J connectivity index is 1.81. The molecule has 1 aliphatic rings. The van der Waals surface area contributed by atoms with Gasteiger partial charge in [0, 0.05) is 48.8 Å². The third kappa shape index (κ3) is 4.10. The lowest BCUT2D eigenvalue weighted by Gasteiger charge is -2.18. The van der Waals surface area contributed by atoms with Crippen LogP contribution in [0.4, 0.5) is 0 Å². The number of carbonyl (C=O) groups is 1. The Morgan fingerprint density at radius 2 is 1.36 bits per heavy atom. The van der Waals surface area contributed by atoms with Gasteiger partial charge in [0.05, 0.1) is 14.2 Å². The lowest BCUT2D eigenvalue weighted by molar-refractivity contribution is -0.112. The molecule has 0 aliphatic carbocycles. The standard InChI is InChI=1S/C19H19N3O3/c1-24-17-5-3-13(9-21-17)7-15-11-20-12-16(19(15)23)8-14-4-6-18(25-2)22-10-14/h3-10,20H,11-12H2,1-2H3/b15-7+,16-8+. The highest BCUT2D eigenvalue weighted by Gasteiger charge is 2.20. The van der Waals surface area contributed by atoms with Gasteiger partial charge in [-0.2, -0.15) is 0 Å². The van der Waals surface area contributed by atoms with Gasteiger partial charge < -0.3 is 14.8 Å². The zero-order valence-electron chi connectivity index (χ0n) is 14.2. The summed E-state index contributed by atoms with van der Waals surface area (Å²) in [5, 5.41) is 3.25. The third-order valence-electron chi connectivity index (χ3n) is 3.83. The number of Topliss-reactive ketones (excluding diaryl/α,β-unsaturated/α-hetero) is 1. The monoisotopic (exact) mass is 337 g/mol. The fraction of sp³-hybridized carbons (Fsp3) is 0.211. The summed E-state index contributed by atoms with van der Waals surface area (Å²) >= 11 is 0. The minimum Gasteiger partial charge on any atom is -0.481 e. The van der Waals surface area contributed by atoms with E-state index in [4.69, 9.17) is 9.47 Å². The van der Waals surface area contributed by atoms with Crippen molar-refractivity contribution < 1.29 is 14.3 Å². The van der Waals surface area contributed by atoms with E-state index in [-0.39, 0.29) is 5.78 Å². The molecule has 0 saturated carbocycles. The summed E-state index contributed by atoms with van der Waals surface area (Å²) in [6.07, 6.45) is 7.07. The molecule has 0 amide bonds. The van der Waals surface area contributed by atoms with Crippen molar-refractivity contribution >= 4 is 17.9 Å². The van der Waals surface area contributed by atoms with Crippen molar-refractivity contribution in [2.75, 3.05) is 27.3 Å². The minimum absolute atomic E-state index is 0.0328. The molecule has 25 heavy (non-hydrogen) atoms. The summed E-state index contributed by atoms with van der Waals surface area (Å²) in [6, 6.07) is 7.29. The molecule has 0 bridgehead atoms. The lowest BCUT2D eigenvalue weighted by Crippen LogP contribution is -2.32. The second-order valence-electron chi connectivity index (χ2n) is 5.54. The molecule has 0 radical (unpaired) electrons. The van der Waals surface area contributed by atoms with Crippen LogP contribution in [0.25, 0.3) is 12.2 Å². The number of carbonyl (C=O) groups excluding carboxylic acids is 1. The molecule has 6 nitrogen and oxygen atoms in total. The number of rotatable bonds is 4. The Morgan fingerprint density at radius 1 is 0.880 bits per heavy atom. The zero-order chi connectivity index (χ0) is 17.6. The van der Waals surface area contributed by atoms with Crippen molar-refractivity contribution in [3.8, 4) is 11.8 Å². The van der Waals surface area contributed by atoms with E-state index in [1.807, 2.05) is 24.3 Å². The van der Waals surface area contributed by atoms with E-state index in [2.05, 4.69) is 15.3 Å². The number of ether oxygens (including phenoxy) is 2. The second kappa shape index (κ2) is 7.72. The molecule has 0 spiro atoms. The fourth-order valence-electron chi connectivity index (χ4n) is 2.53. The van der Waals surface area contributed by atoms with E-state index in [9.17, 15) is 4.79 Å². The van der Waals surface area contributed by atoms with Crippen LogP contribution in [0.2, 0.25) is 0 Å². The van der Waals surface area contributed by atoms with E-state index in [0.717, 1.165) is 11.1 Å². The van der Waals surface area contributed by atoms with Crippen molar-refractivity contribution in [1.82, 2.24) is 15.3 Å². The van der Waals surface area contributed by atoms with Gasteiger partial charge in [0.1, 0.15) is 0 Å². The number of aromatic nitrogens is 2. The summed E-state index contributed by atoms with van der Waals surface area (Å²) < 4.78 is 10.1. The Morgan fingerprint density at radius 3 is 1.72 bits per heavy atom. The summed E-state index contributed by atoms with van der Waals surface area (Å²) in [4.78, 5) is 21.0. The Bertz CT molecular complexity index is 741. The average Bonchev–Trinajstić information content (AvgIpc) is 2.66. The number of hydrogen-bond donors (Lipinski definition) is 1. The molecule has 2 aromatic heterocycles. The fourth-order valence-corrected chi connectivity index (χ4v) is 2.53. The van der Waals surface area contributed by atoms with E-state index >= 15 is 0 Å². The number of nitrogens with zero attached hydrogens (tertiary/aromatic N) is 2. The number of piperidine rings is 1. The molecule has 0 aromatic carbocycles. The molecular weight excluding hydrogens is 318 g/mol. The van der Waals surface area contributed by atoms with Crippen LogP contribution >= 0.6 is 0 Å². The zero-order valence-corrected chi connectivity index (χ0v) is 14.2. The van der Waals surface area contributed by atoms with Gasteiger partial charge in [0.25, 0.3) is 0 Å². The second-order valence-corrected chi connectivity index (χ2v) is 5.54. The Hall–Kier alpha value is -2.99. The molecule has 2 aromatic rings. The van der Waals surface area contributed by atoms with Crippen LogP contribution in [0.3, 0.4) is 0 Å². The van der Waals surface area contributed by atoms with E-state index in [1.54, 1.807) is 38.7 Å². The topological polar surface area (TPSA) is 73.3 Å². The van der Waals surface area contributed by atoms with Crippen LogP contribution in [0.5, 0.6) is 11.8 Å². The highest BCUT2D eigenvalue weighted by molar-refractivity contribution is 6.14. The number of nitrogens with one attached hydrogen (secondary N) is 1. The summed E-state index contributed by atoms with van der Waals surface area (Å²) in [6.45, 7) is 1.06. The van der Waals surface area contributed by atoms with Gasteiger partial charge in [-0.3, -0.25) is 4.79 Å². The Labute approximate surface area is 146 Å². The molecule has 0 unspecified atom stereocenters. The van der Waals surface area contributed by atoms with Crippen molar-refractivity contribution in [2.24, 2.45) is 0 Å². The number of ketones is 1. The van der Waals surface area contributed by atoms with Crippen molar-refractivity contribution in [2.45, 2.75) is 0 Å². The van der Waals surface area contributed by atoms with Crippen molar-refractivity contribution in [3.05, 3.63) is 58.9 Å². The number of pyridine rings is 2. The van der Waals surface area contributed by atoms with Crippen LogP contribution in [-0.4, -0.2) is 43.1 Å². The molecule has 6 heteroatoms. The number of hydrogen-bond acceptors (Lipinski definition) is 6. The number of methoxy groups -OCH3 is 2. The van der Waals surface area contributed by atoms with Gasteiger partial charge in [-0.05, 0) is 35.4 Å². The predicted octanol–water partition coefficient (Wildman–Crippen LogP) is 2.13. The molecule has 1 fully saturated rings. The predicted molar refractivity (Wildman–Crippen MR) is 95.4 cm³/mol. The molecule has 3 rings (SSSR count). The molecule has 1 saturated heterocycles. The van der Waals surface area contributed by atoms with Gasteiger partial charge in [0.15, 0.2) is 5.78 Å². The molecule has 0 atom stereocenters. The van der Waals surface area contributed by atoms with Gasteiger partial charge in [-0.15, -0.1) is 0 Å². The maximum atomic E-state index is 12.7. The summed E-state index contributed by atoms with van der Waals surface area (Å²) in [5.74, 6) is 1.12. The maximum absolute atomic E-state index is 12.7. The summed E-state index contributed by atoms with van der Waals surface area (Å²) in [7, 11) is 3.14. The quantitative estimate of drug-likeness (QED) is 0.862. The average molecular weight is 337 g/mol. The first-order chi connectivity index (χ1) is 12.2. The van der Waals surface area contributed by atoms with E-state index < -0.39 is 0 Å². The normalized spacial score (nSPS) is 17.8. The highest BCUT2D eigenvalue weighted by atomic mass is 16.5. The van der Waals surface area contributed by atoms with Gasteiger partial charge in [-0.25, -0.2) is 9.97 Å². The molecule has 128 valence electrons. The Kier molecular flexibility index (Phi) is 5.20. The molecule has 1 N–H and O–H groups in total.